The van der Waals surface area contributed by atoms with Crippen LogP contribution in [0.3, 0.4) is 0 Å². The second-order valence-electron chi connectivity index (χ2n) is 4.93. The monoisotopic (exact) mass is 218 g/mol. The lowest BCUT2D eigenvalue weighted by Gasteiger charge is -2.16. The molecular formula is C14H22N2. The maximum absolute atomic E-state index is 5.71. The maximum atomic E-state index is 5.71. The van der Waals surface area contributed by atoms with Crippen molar-refractivity contribution in [2.75, 3.05) is 18.8 Å². The van der Waals surface area contributed by atoms with Gasteiger partial charge < -0.3 is 11.1 Å². The lowest BCUT2D eigenvalue weighted by Crippen LogP contribution is -2.27. The fraction of sp³-hybridized carbons (Fsp3) is 0.571. The second kappa shape index (κ2) is 4.88. The molecule has 0 aliphatic heterocycles. The van der Waals surface area contributed by atoms with Crippen molar-refractivity contribution >= 4 is 5.69 Å². The molecule has 0 radical (unpaired) electrons. The van der Waals surface area contributed by atoms with Crippen molar-refractivity contribution in [2.45, 2.75) is 38.0 Å². The van der Waals surface area contributed by atoms with E-state index in [2.05, 4.69) is 24.4 Å². The van der Waals surface area contributed by atoms with Crippen LogP contribution in [0.25, 0.3) is 0 Å². The Bertz CT molecular complexity index is 325. The van der Waals surface area contributed by atoms with Crippen LogP contribution in [0.15, 0.2) is 24.3 Å². The third-order valence-corrected chi connectivity index (χ3v) is 3.55. The van der Waals surface area contributed by atoms with Crippen LogP contribution < -0.4 is 11.1 Å². The molecule has 0 aromatic heterocycles. The van der Waals surface area contributed by atoms with Crippen LogP contribution in [0.5, 0.6) is 0 Å². The van der Waals surface area contributed by atoms with Gasteiger partial charge in [0.15, 0.2) is 0 Å². The van der Waals surface area contributed by atoms with E-state index in [1.165, 1.54) is 31.2 Å². The van der Waals surface area contributed by atoms with Crippen LogP contribution in [-0.2, 0) is 5.41 Å². The van der Waals surface area contributed by atoms with E-state index >= 15 is 0 Å². The molecule has 0 amide bonds. The van der Waals surface area contributed by atoms with Gasteiger partial charge in [-0.1, -0.05) is 25.5 Å². The predicted octanol–water partition coefficient (Wildman–Crippen LogP) is 2.69. The molecule has 3 N–H and O–H groups in total. The Morgan fingerprint density at radius 1 is 1.25 bits per heavy atom. The third kappa shape index (κ3) is 2.56. The SMILES string of the molecule is CCCCNCC1(c2ccc(N)cc2)CC1. The summed E-state index contributed by atoms with van der Waals surface area (Å²) in [5.74, 6) is 0. The Labute approximate surface area is 98.2 Å². The number of hydrogen-bond donors (Lipinski definition) is 2. The molecule has 2 heteroatoms. The van der Waals surface area contributed by atoms with Gasteiger partial charge in [-0.05, 0) is 43.5 Å². The molecule has 0 unspecified atom stereocenters. The Balaban J connectivity index is 1.90. The first kappa shape index (κ1) is 11.5. The zero-order valence-electron chi connectivity index (χ0n) is 10.1. The van der Waals surface area contributed by atoms with E-state index in [1.807, 2.05) is 12.1 Å². The van der Waals surface area contributed by atoms with Crippen molar-refractivity contribution in [1.29, 1.82) is 0 Å². The summed E-state index contributed by atoms with van der Waals surface area (Å²) in [6.07, 6.45) is 5.17. The van der Waals surface area contributed by atoms with Crippen LogP contribution in [0.2, 0.25) is 0 Å². The van der Waals surface area contributed by atoms with E-state index in [-0.39, 0.29) is 0 Å². The fourth-order valence-corrected chi connectivity index (χ4v) is 2.18. The molecule has 1 aliphatic carbocycles. The van der Waals surface area contributed by atoms with Crippen molar-refractivity contribution in [1.82, 2.24) is 5.32 Å². The number of nitrogens with two attached hydrogens (primary N) is 1. The Morgan fingerprint density at radius 3 is 2.50 bits per heavy atom. The summed E-state index contributed by atoms with van der Waals surface area (Å²) in [5.41, 5.74) is 8.44. The number of nitrogen functional groups attached to an aromatic ring is 1. The molecule has 1 fully saturated rings. The van der Waals surface area contributed by atoms with Gasteiger partial charge in [0.2, 0.25) is 0 Å². The number of hydrogen-bond acceptors (Lipinski definition) is 2. The normalized spacial score (nSPS) is 17.3. The topological polar surface area (TPSA) is 38.0 Å². The molecule has 0 bridgehead atoms. The summed E-state index contributed by atoms with van der Waals surface area (Å²) in [7, 11) is 0. The standard InChI is InChI=1S/C14H22N2/c1-2-3-10-16-11-14(8-9-14)12-4-6-13(15)7-5-12/h4-7,16H,2-3,8-11,15H2,1H3. The Morgan fingerprint density at radius 2 is 1.94 bits per heavy atom. The minimum Gasteiger partial charge on any atom is -0.399 e. The van der Waals surface area contributed by atoms with Gasteiger partial charge in [-0.2, -0.15) is 0 Å². The number of rotatable bonds is 6. The van der Waals surface area contributed by atoms with Gasteiger partial charge in [-0.15, -0.1) is 0 Å². The van der Waals surface area contributed by atoms with E-state index in [0.29, 0.717) is 5.41 Å². The molecule has 0 heterocycles. The van der Waals surface area contributed by atoms with Gasteiger partial charge in [-0.25, -0.2) is 0 Å². The molecule has 2 nitrogen and oxygen atoms in total. The van der Waals surface area contributed by atoms with Gasteiger partial charge in [-0.3, -0.25) is 0 Å². The molecule has 1 aromatic rings. The largest absolute Gasteiger partial charge is 0.399 e. The van der Waals surface area contributed by atoms with Crippen LogP contribution in [-0.4, -0.2) is 13.1 Å². The van der Waals surface area contributed by atoms with Crippen LogP contribution in [0.1, 0.15) is 38.2 Å². The highest BCUT2D eigenvalue weighted by atomic mass is 14.9. The van der Waals surface area contributed by atoms with E-state index < -0.39 is 0 Å². The van der Waals surface area contributed by atoms with Crippen molar-refractivity contribution in [3.63, 3.8) is 0 Å². The molecule has 0 saturated heterocycles. The minimum absolute atomic E-state index is 0.418. The number of anilines is 1. The molecule has 0 spiro atoms. The number of benzene rings is 1. The number of unbranched alkanes of at least 4 members (excludes halogenated alkanes) is 1. The summed E-state index contributed by atoms with van der Waals surface area (Å²) >= 11 is 0. The molecule has 1 saturated carbocycles. The van der Waals surface area contributed by atoms with Gasteiger partial charge in [0.05, 0.1) is 0 Å². The molecular weight excluding hydrogens is 196 g/mol. The summed E-state index contributed by atoms with van der Waals surface area (Å²) in [5, 5.41) is 3.57. The van der Waals surface area contributed by atoms with E-state index in [9.17, 15) is 0 Å². The first-order valence-corrected chi connectivity index (χ1v) is 6.33. The smallest absolute Gasteiger partial charge is 0.0314 e. The Kier molecular flexibility index (Phi) is 3.49. The average molecular weight is 218 g/mol. The Hall–Kier alpha value is -1.02. The van der Waals surface area contributed by atoms with Gasteiger partial charge in [0, 0.05) is 17.6 Å². The summed E-state index contributed by atoms with van der Waals surface area (Å²) in [6.45, 7) is 4.50. The van der Waals surface area contributed by atoms with E-state index in [4.69, 9.17) is 5.73 Å². The summed E-state index contributed by atoms with van der Waals surface area (Å²) in [6, 6.07) is 8.40. The zero-order chi connectivity index (χ0) is 11.4. The lowest BCUT2D eigenvalue weighted by atomic mass is 9.95. The van der Waals surface area contributed by atoms with Crippen molar-refractivity contribution in [3.05, 3.63) is 29.8 Å². The second-order valence-corrected chi connectivity index (χ2v) is 4.93. The zero-order valence-corrected chi connectivity index (χ0v) is 10.1. The van der Waals surface area contributed by atoms with Gasteiger partial charge in [0.25, 0.3) is 0 Å². The number of nitrogens with one attached hydrogen (secondary N) is 1. The molecule has 88 valence electrons. The highest BCUT2D eigenvalue weighted by Crippen LogP contribution is 2.47. The summed E-state index contributed by atoms with van der Waals surface area (Å²) in [4.78, 5) is 0. The first-order chi connectivity index (χ1) is 7.77. The molecule has 16 heavy (non-hydrogen) atoms. The lowest BCUT2D eigenvalue weighted by molar-refractivity contribution is 0.559. The van der Waals surface area contributed by atoms with Gasteiger partial charge >= 0.3 is 0 Å². The van der Waals surface area contributed by atoms with Crippen molar-refractivity contribution < 1.29 is 0 Å². The van der Waals surface area contributed by atoms with Crippen LogP contribution in [0.4, 0.5) is 5.69 Å². The average Bonchev–Trinajstić information content (AvgIpc) is 3.07. The van der Waals surface area contributed by atoms with Crippen LogP contribution >= 0.6 is 0 Å². The van der Waals surface area contributed by atoms with Gasteiger partial charge in [0.1, 0.15) is 0 Å². The molecule has 1 aromatic carbocycles. The maximum Gasteiger partial charge on any atom is 0.0314 e. The predicted molar refractivity (Wildman–Crippen MR) is 69.5 cm³/mol. The first-order valence-electron chi connectivity index (χ1n) is 6.33. The van der Waals surface area contributed by atoms with E-state index in [1.54, 1.807) is 0 Å². The highest BCUT2D eigenvalue weighted by Gasteiger charge is 2.43. The van der Waals surface area contributed by atoms with Crippen LogP contribution in [0, 0.1) is 0 Å². The molecule has 2 rings (SSSR count). The highest BCUT2D eigenvalue weighted by molar-refractivity contribution is 5.43. The van der Waals surface area contributed by atoms with Crippen molar-refractivity contribution in [2.24, 2.45) is 0 Å². The molecule has 1 aliphatic rings. The quantitative estimate of drug-likeness (QED) is 0.569. The fourth-order valence-electron chi connectivity index (χ4n) is 2.18. The minimum atomic E-state index is 0.418. The van der Waals surface area contributed by atoms with Crippen molar-refractivity contribution in [3.8, 4) is 0 Å². The third-order valence-electron chi connectivity index (χ3n) is 3.55. The van der Waals surface area contributed by atoms with E-state index in [0.717, 1.165) is 18.8 Å². The summed E-state index contributed by atoms with van der Waals surface area (Å²) < 4.78 is 0. The molecule has 0 atom stereocenters.